The number of ether oxygens (including phenoxy) is 2. The fourth-order valence-corrected chi connectivity index (χ4v) is 2.66. The summed E-state index contributed by atoms with van der Waals surface area (Å²) >= 11 is 6.06. The molecule has 1 atom stereocenters. The Morgan fingerprint density at radius 3 is 2.68 bits per heavy atom. The molecule has 2 aliphatic rings. The van der Waals surface area contributed by atoms with Crippen LogP contribution >= 0.6 is 11.6 Å². The molecule has 0 aliphatic carbocycles. The Bertz CT molecular complexity index is 672. The summed E-state index contributed by atoms with van der Waals surface area (Å²) < 4.78 is 48.8. The fraction of sp³-hybridized carbons (Fsp3) is 0.308. The number of hydrogen-bond acceptors (Lipinski definition) is 4. The number of carbonyl (C=O) groups is 1. The molecule has 0 N–H and O–H groups in total. The van der Waals surface area contributed by atoms with Crippen LogP contribution in [0.5, 0.6) is 11.5 Å². The molecule has 22 heavy (non-hydrogen) atoms. The number of halogens is 4. The van der Waals surface area contributed by atoms with Gasteiger partial charge in [0.25, 0.3) is 0 Å². The van der Waals surface area contributed by atoms with E-state index < -0.39 is 23.8 Å². The standard InChI is InChI=1S/C13H8ClF3O4.Na/c14-9-6-4-7(12(18)19)11(13(15,16)17)21-8(6)3-5-1-2-20-10(5)9;/h3-4,11H,1-2H2,(H,18,19);/q;+1/p-1. The summed E-state index contributed by atoms with van der Waals surface area (Å²) in [7, 11) is 0. The van der Waals surface area contributed by atoms with Crippen LogP contribution in [0.25, 0.3) is 6.08 Å². The van der Waals surface area contributed by atoms with Crippen molar-refractivity contribution in [3.63, 3.8) is 0 Å². The van der Waals surface area contributed by atoms with Crippen LogP contribution in [-0.2, 0) is 11.2 Å². The van der Waals surface area contributed by atoms with Crippen molar-refractivity contribution in [1.29, 1.82) is 0 Å². The van der Waals surface area contributed by atoms with E-state index in [1.165, 1.54) is 6.07 Å². The van der Waals surface area contributed by atoms with E-state index in [4.69, 9.17) is 21.1 Å². The molecule has 0 saturated carbocycles. The predicted octanol–water partition coefficient (Wildman–Crippen LogP) is -1.26. The maximum Gasteiger partial charge on any atom is 1.00 e. The van der Waals surface area contributed by atoms with Crippen LogP contribution in [0.4, 0.5) is 13.2 Å². The zero-order chi connectivity index (χ0) is 15.4. The SMILES string of the molecule is O=C([O-])C1=Cc2c(cc3c(c2Cl)OCC3)OC1C(F)(F)F.[Na+]. The number of rotatable bonds is 1. The molecule has 2 heterocycles. The van der Waals surface area contributed by atoms with E-state index in [1.807, 2.05) is 0 Å². The van der Waals surface area contributed by atoms with Crippen LogP contribution in [0.15, 0.2) is 11.6 Å². The molecular weight excluding hydrogens is 336 g/mol. The van der Waals surface area contributed by atoms with E-state index >= 15 is 0 Å². The Morgan fingerprint density at radius 2 is 2.09 bits per heavy atom. The summed E-state index contributed by atoms with van der Waals surface area (Å²) in [5.41, 5.74) is -0.336. The normalized spacial score (nSPS) is 19.1. The van der Waals surface area contributed by atoms with Crippen molar-refractivity contribution < 1.29 is 62.1 Å². The van der Waals surface area contributed by atoms with Gasteiger partial charge in [-0.3, -0.25) is 0 Å². The molecule has 4 nitrogen and oxygen atoms in total. The molecule has 112 valence electrons. The van der Waals surface area contributed by atoms with Crippen LogP contribution in [0.1, 0.15) is 11.1 Å². The second-order valence-electron chi connectivity index (χ2n) is 4.62. The molecular formula is C13H7ClF3NaO4. The maximum absolute atomic E-state index is 12.9. The largest absolute Gasteiger partial charge is 1.00 e. The first kappa shape index (κ1) is 17.5. The molecule has 0 amide bonds. The van der Waals surface area contributed by atoms with Gasteiger partial charge in [-0.25, -0.2) is 0 Å². The Balaban J connectivity index is 0.00000176. The van der Waals surface area contributed by atoms with E-state index in [2.05, 4.69) is 0 Å². The van der Waals surface area contributed by atoms with Crippen molar-refractivity contribution in [2.24, 2.45) is 0 Å². The van der Waals surface area contributed by atoms with Crippen LogP contribution in [0.3, 0.4) is 0 Å². The van der Waals surface area contributed by atoms with Crippen LogP contribution in [-0.4, -0.2) is 24.9 Å². The van der Waals surface area contributed by atoms with E-state index in [9.17, 15) is 23.1 Å². The molecule has 3 rings (SSSR count). The number of carboxylic acids is 1. The first-order chi connectivity index (χ1) is 9.79. The zero-order valence-electron chi connectivity index (χ0n) is 11.3. The van der Waals surface area contributed by atoms with Gasteiger partial charge in [0.2, 0.25) is 6.10 Å². The van der Waals surface area contributed by atoms with Gasteiger partial charge < -0.3 is 19.4 Å². The average molecular weight is 343 g/mol. The molecule has 0 fully saturated rings. The number of aliphatic carboxylic acids is 1. The molecule has 0 radical (unpaired) electrons. The topological polar surface area (TPSA) is 58.6 Å². The Labute approximate surface area is 150 Å². The molecule has 1 unspecified atom stereocenters. The summed E-state index contributed by atoms with van der Waals surface area (Å²) in [6.45, 7) is 0.359. The first-order valence-electron chi connectivity index (χ1n) is 5.93. The quantitative estimate of drug-likeness (QED) is 0.598. The van der Waals surface area contributed by atoms with Crippen molar-refractivity contribution >= 4 is 23.6 Å². The van der Waals surface area contributed by atoms with Crippen LogP contribution in [0.2, 0.25) is 5.02 Å². The third kappa shape index (κ3) is 2.82. The smallest absolute Gasteiger partial charge is 0.545 e. The summed E-state index contributed by atoms with van der Waals surface area (Å²) in [6.07, 6.45) is -6.12. The molecule has 0 bridgehead atoms. The van der Waals surface area contributed by atoms with Gasteiger partial charge in [0.1, 0.15) is 11.5 Å². The second kappa shape index (κ2) is 5.96. The van der Waals surface area contributed by atoms with E-state index in [-0.39, 0.29) is 45.9 Å². The van der Waals surface area contributed by atoms with Gasteiger partial charge in [0.15, 0.2) is 0 Å². The number of fused-ring (bicyclic) bond motifs is 2. The Morgan fingerprint density at radius 1 is 1.41 bits per heavy atom. The van der Waals surface area contributed by atoms with Crippen molar-refractivity contribution in [3.05, 3.63) is 27.8 Å². The van der Waals surface area contributed by atoms with E-state index in [0.29, 0.717) is 24.3 Å². The van der Waals surface area contributed by atoms with Crippen molar-refractivity contribution in [2.45, 2.75) is 18.7 Å². The molecule has 9 heteroatoms. The number of carboxylic acid groups (broad SMARTS) is 1. The van der Waals surface area contributed by atoms with E-state index in [0.717, 1.165) is 6.08 Å². The minimum absolute atomic E-state index is 0. The summed E-state index contributed by atoms with van der Waals surface area (Å²) in [5, 5.41) is 11.0. The van der Waals surface area contributed by atoms with Gasteiger partial charge in [-0.05, 0) is 12.1 Å². The van der Waals surface area contributed by atoms with Crippen molar-refractivity contribution in [3.8, 4) is 11.5 Å². The predicted molar refractivity (Wildman–Crippen MR) is 64.1 cm³/mol. The Hall–Kier alpha value is -0.890. The van der Waals surface area contributed by atoms with Gasteiger partial charge in [0.05, 0.1) is 17.6 Å². The first-order valence-corrected chi connectivity index (χ1v) is 6.31. The van der Waals surface area contributed by atoms with Gasteiger partial charge >= 0.3 is 35.7 Å². The Kier molecular flexibility index (Phi) is 4.73. The van der Waals surface area contributed by atoms with Crippen molar-refractivity contribution in [2.75, 3.05) is 6.61 Å². The van der Waals surface area contributed by atoms with Gasteiger partial charge in [-0.15, -0.1) is 0 Å². The number of benzene rings is 1. The van der Waals surface area contributed by atoms with Gasteiger partial charge in [-0.1, -0.05) is 11.6 Å². The fourth-order valence-electron chi connectivity index (χ4n) is 2.34. The van der Waals surface area contributed by atoms with Gasteiger partial charge in [-0.2, -0.15) is 13.2 Å². The summed E-state index contributed by atoms with van der Waals surface area (Å²) in [6, 6.07) is 1.39. The number of carbonyl (C=O) groups excluding carboxylic acids is 1. The molecule has 1 aromatic rings. The number of hydrogen-bond donors (Lipinski definition) is 0. The molecule has 0 saturated heterocycles. The maximum atomic E-state index is 12.9. The van der Waals surface area contributed by atoms with Gasteiger partial charge in [0, 0.05) is 23.1 Å². The molecule has 0 spiro atoms. The van der Waals surface area contributed by atoms with Crippen LogP contribution < -0.4 is 44.1 Å². The van der Waals surface area contributed by atoms with Crippen molar-refractivity contribution in [1.82, 2.24) is 0 Å². The third-order valence-electron chi connectivity index (χ3n) is 3.28. The summed E-state index contributed by atoms with van der Waals surface area (Å²) in [4.78, 5) is 10.9. The monoisotopic (exact) mass is 342 g/mol. The average Bonchev–Trinajstić information content (AvgIpc) is 2.85. The minimum Gasteiger partial charge on any atom is -0.545 e. The molecule has 0 aromatic heterocycles. The zero-order valence-corrected chi connectivity index (χ0v) is 14.0. The molecule has 2 aliphatic heterocycles. The number of alkyl halides is 3. The molecule has 1 aromatic carbocycles. The van der Waals surface area contributed by atoms with Crippen LogP contribution in [0, 0.1) is 0 Å². The minimum atomic E-state index is -4.87. The summed E-state index contributed by atoms with van der Waals surface area (Å²) in [5.74, 6) is -1.73. The second-order valence-corrected chi connectivity index (χ2v) is 4.99. The van der Waals surface area contributed by atoms with E-state index in [1.54, 1.807) is 0 Å². The third-order valence-corrected chi connectivity index (χ3v) is 3.65.